The summed E-state index contributed by atoms with van der Waals surface area (Å²) in [6.07, 6.45) is 4.92. The molecule has 0 saturated heterocycles. The van der Waals surface area contributed by atoms with Crippen molar-refractivity contribution in [1.29, 1.82) is 0 Å². The molecule has 0 bridgehead atoms. The molecule has 1 aromatic heterocycles. The molecule has 0 N–H and O–H groups in total. The van der Waals surface area contributed by atoms with Gasteiger partial charge in [0.1, 0.15) is 0 Å². The van der Waals surface area contributed by atoms with E-state index in [1.165, 1.54) is 25.7 Å². The summed E-state index contributed by atoms with van der Waals surface area (Å²) in [6.45, 7) is 6.17. The molecule has 1 aliphatic rings. The Bertz CT molecular complexity index is 455. The van der Waals surface area contributed by atoms with E-state index < -0.39 is 0 Å². The van der Waals surface area contributed by atoms with Crippen molar-refractivity contribution in [1.82, 2.24) is 15.0 Å². The van der Waals surface area contributed by atoms with Gasteiger partial charge in [0.05, 0.1) is 6.10 Å². The third-order valence-corrected chi connectivity index (χ3v) is 3.86. The van der Waals surface area contributed by atoms with Gasteiger partial charge in [-0.15, -0.1) is 0 Å². The van der Waals surface area contributed by atoms with Crippen LogP contribution in [0.1, 0.15) is 46.5 Å². The molecule has 2 unspecified atom stereocenters. The predicted octanol–water partition coefficient (Wildman–Crippen LogP) is 3.33. The zero-order valence-corrected chi connectivity index (χ0v) is 13.4. The predicted molar refractivity (Wildman–Crippen MR) is 80.4 cm³/mol. The molecule has 1 saturated carbocycles. The van der Waals surface area contributed by atoms with Crippen molar-refractivity contribution >= 4 is 17.5 Å². The lowest BCUT2D eigenvalue weighted by Gasteiger charge is -2.34. The summed E-state index contributed by atoms with van der Waals surface area (Å²) in [7, 11) is 2.02. The van der Waals surface area contributed by atoms with Crippen LogP contribution in [0, 0.1) is 5.92 Å². The van der Waals surface area contributed by atoms with Crippen molar-refractivity contribution in [2.75, 3.05) is 11.9 Å². The zero-order chi connectivity index (χ0) is 14.7. The molecule has 1 aromatic rings. The number of hydrogen-bond donors (Lipinski definition) is 0. The van der Waals surface area contributed by atoms with Gasteiger partial charge in [0.15, 0.2) is 0 Å². The van der Waals surface area contributed by atoms with Gasteiger partial charge in [0.25, 0.3) is 0 Å². The summed E-state index contributed by atoms with van der Waals surface area (Å²) in [5, 5.41) is 0.182. The van der Waals surface area contributed by atoms with Gasteiger partial charge in [-0.25, -0.2) is 0 Å². The van der Waals surface area contributed by atoms with E-state index in [-0.39, 0.29) is 11.4 Å². The van der Waals surface area contributed by atoms with Gasteiger partial charge < -0.3 is 9.64 Å². The lowest BCUT2D eigenvalue weighted by molar-refractivity contribution is 0.221. The van der Waals surface area contributed by atoms with Gasteiger partial charge in [-0.2, -0.15) is 15.0 Å². The van der Waals surface area contributed by atoms with Crippen LogP contribution < -0.4 is 9.64 Å². The van der Waals surface area contributed by atoms with E-state index in [2.05, 4.69) is 26.8 Å². The summed E-state index contributed by atoms with van der Waals surface area (Å²) < 4.78 is 5.52. The topological polar surface area (TPSA) is 51.1 Å². The standard InChI is InChI=1S/C14H23ClN4O/c1-9(2)20-14-17-12(15)16-13(18-14)19(4)11-7-5-6-10(3)8-11/h9-11H,5-8H2,1-4H3. The maximum atomic E-state index is 5.98. The second kappa shape index (κ2) is 6.57. The fraction of sp³-hybridized carbons (Fsp3) is 0.786. The number of ether oxygens (including phenoxy) is 1. The molecule has 1 heterocycles. The van der Waals surface area contributed by atoms with Gasteiger partial charge in [-0.1, -0.05) is 19.8 Å². The van der Waals surface area contributed by atoms with Crippen LogP contribution in [0.3, 0.4) is 0 Å². The van der Waals surface area contributed by atoms with Crippen molar-refractivity contribution in [2.24, 2.45) is 5.92 Å². The summed E-state index contributed by atoms with van der Waals surface area (Å²) in [4.78, 5) is 14.7. The molecule has 2 atom stereocenters. The van der Waals surface area contributed by atoms with Crippen LogP contribution in [-0.4, -0.2) is 34.1 Å². The summed E-state index contributed by atoms with van der Waals surface area (Å²) in [5.41, 5.74) is 0. The van der Waals surface area contributed by atoms with Crippen LogP contribution in [0.5, 0.6) is 6.01 Å². The number of hydrogen-bond acceptors (Lipinski definition) is 5. The Kier molecular flexibility index (Phi) is 5.02. The van der Waals surface area contributed by atoms with Crippen molar-refractivity contribution in [2.45, 2.75) is 58.6 Å². The number of anilines is 1. The van der Waals surface area contributed by atoms with Crippen molar-refractivity contribution in [3.05, 3.63) is 5.28 Å². The van der Waals surface area contributed by atoms with Crippen LogP contribution in [0.2, 0.25) is 5.28 Å². The van der Waals surface area contributed by atoms with E-state index in [4.69, 9.17) is 16.3 Å². The SMILES string of the molecule is CC1CCCC(N(C)c2nc(Cl)nc(OC(C)C)n2)C1. The molecular formula is C14H23ClN4O. The summed E-state index contributed by atoms with van der Waals surface area (Å²) in [6, 6.07) is 0.759. The van der Waals surface area contributed by atoms with Gasteiger partial charge in [-0.05, 0) is 44.2 Å². The average molecular weight is 299 g/mol. The van der Waals surface area contributed by atoms with Crippen molar-refractivity contribution in [3.63, 3.8) is 0 Å². The average Bonchev–Trinajstić information content (AvgIpc) is 2.36. The van der Waals surface area contributed by atoms with Crippen LogP contribution >= 0.6 is 11.6 Å². The third kappa shape index (κ3) is 3.95. The maximum absolute atomic E-state index is 5.98. The lowest BCUT2D eigenvalue weighted by atomic mass is 9.86. The molecule has 112 valence electrons. The Labute approximate surface area is 125 Å². The second-order valence-corrected chi connectivity index (χ2v) is 6.23. The van der Waals surface area contributed by atoms with Gasteiger partial charge in [-0.3, -0.25) is 0 Å². The highest BCUT2D eigenvalue weighted by molar-refractivity contribution is 6.28. The molecule has 1 fully saturated rings. The molecular weight excluding hydrogens is 276 g/mol. The molecule has 0 amide bonds. The van der Waals surface area contributed by atoms with E-state index in [0.29, 0.717) is 18.0 Å². The minimum Gasteiger partial charge on any atom is -0.461 e. The third-order valence-electron chi connectivity index (χ3n) is 3.69. The Morgan fingerprint density at radius 1 is 1.25 bits per heavy atom. The number of aromatic nitrogens is 3. The highest BCUT2D eigenvalue weighted by atomic mass is 35.5. The smallest absolute Gasteiger partial charge is 0.322 e. The zero-order valence-electron chi connectivity index (χ0n) is 12.6. The molecule has 0 aliphatic heterocycles. The highest BCUT2D eigenvalue weighted by Crippen LogP contribution is 2.29. The molecule has 2 rings (SSSR count). The summed E-state index contributed by atoms with van der Waals surface area (Å²) >= 11 is 5.98. The van der Waals surface area contributed by atoms with E-state index in [9.17, 15) is 0 Å². The quantitative estimate of drug-likeness (QED) is 0.853. The van der Waals surface area contributed by atoms with Gasteiger partial charge >= 0.3 is 6.01 Å². The Balaban J connectivity index is 2.16. The second-order valence-electron chi connectivity index (χ2n) is 5.89. The maximum Gasteiger partial charge on any atom is 0.322 e. The fourth-order valence-electron chi connectivity index (χ4n) is 2.66. The Morgan fingerprint density at radius 2 is 2.00 bits per heavy atom. The number of halogens is 1. The van der Waals surface area contributed by atoms with Crippen molar-refractivity contribution in [3.8, 4) is 6.01 Å². The first-order chi connectivity index (χ1) is 9.45. The van der Waals surface area contributed by atoms with Crippen LogP contribution in [0.4, 0.5) is 5.95 Å². The highest BCUT2D eigenvalue weighted by Gasteiger charge is 2.24. The largest absolute Gasteiger partial charge is 0.461 e. The van der Waals surface area contributed by atoms with Crippen molar-refractivity contribution < 1.29 is 4.74 Å². The van der Waals surface area contributed by atoms with Crippen LogP contribution in [0.25, 0.3) is 0 Å². The molecule has 0 spiro atoms. The molecule has 6 heteroatoms. The van der Waals surface area contributed by atoms with E-state index in [1.807, 2.05) is 20.9 Å². The van der Waals surface area contributed by atoms with E-state index >= 15 is 0 Å². The summed E-state index contributed by atoms with van der Waals surface area (Å²) in [5.74, 6) is 1.35. The number of rotatable bonds is 4. The molecule has 0 aromatic carbocycles. The van der Waals surface area contributed by atoms with Gasteiger partial charge in [0, 0.05) is 13.1 Å². The first-order valence-electron chi connectivity index (χ1n) is 7.26. The van der Waals surface area contributed by atoms with E-state index in [1.54, 1.807) is 0 Å². The van der Waals surface area contributed by atoms with Gasteiger partial charge in [0.2, 0.25) is 11.2 Å². The first kappa shape index (κ1) is 15.3. The minimum atomic E-state index is 0.0151. The van der Waals surface area contributed by atoms with Crippen LogP contribution in [0.15, 0.2) is 0 Å². The number of nitrogens with zero attached hydrogens (tertiary/aromatic N) is 4. The lowest BCUT2D eigenvalue weighted by Crippen LogP contribution is -2.36. The minimum absolute atomic E-state index is 0.0151. The van der Waals surface area contributed by atoms with E-state index in [0.717, 1.165) is 5.92 Å². The molecule has 5 nitrogen and oxygen atoms in total. The monoisotopic (exact) mass is 298 g/mol. The Morgan fingerprint density at radius 3 is 2.65 bits per heavy atom. The fourth-order valence-corrected chi connectivity index (χ4v) is 2.81. The first-order valence-corrected chi connectivity index (χ1v) is 7.64. The normalized spacial score (nSPS) is 22.9. The molecule has 20 heavy (non-hydrogen) atoms. The molecule has 0 radical (unpaired) electrons. The van der Waals surface area contributed by atoms with Crippen LogP contribution in [-0.2, 0) is 0 Å². The Hall–Kier alpha value is -1.10. The molecule has 1 aliphatic carbocycles.